The van der Waals surface area contributed by atoms with Crippen LogP contribution in [-0.2, 0) is 38.6 Å². The zero-order chi connectivity index (χ0) is 33.9. The van der Waals surface area contributed by atoms with Crippen LogP contribution in [-0.4, -0.2) is 82.2 Å². The number of benzene rings is 3. The Morgan fingerprint density at radius 1 is 0.857 bits per heavy atom. The minimum atomic E-state index is -0.823. The topological polar surface area (TPSA) is 127 Å². The summed E-state index contributed by atoms with van der Waals surface area (Å²) in [5, 5.41) is 10.4. The van der Waals surface area contributed by atoms with E-state index in [0.717, 1.165) is 53.3 Å². The molecule has 4 aromatic rings. The van der Waals surface area contributed by atoms with E-state index in [4.69, 9.17) is 0 Å². The van der Waals surface area contributed by atoms with Gasteiger partial charge in [0, 0.05) is 49.7 Å². The van der Waals surface area contributed by atoms with Crippen molar-refractivity contribution in [2.24, 2.45) is 5.92 Å². The molecule has 254 valence electrons. The van der Waals surface area contributed by atoms with E-state index in [1.54, 1.807) is 11.9 Å². The molecule has 3 aliphatic heterocycles. The molecule has 10 heteroatoms. The second-order valence-corrected chi connectivity index (χ2v) is 13.8. The molecule has 0 spiro atoms. The van der Waals surface area contributed by atoms with Gasteiger partial charge in [0.15, 0.2) is 0 Å². The number of hydrogen-bond donors (Lipinski definition) is 4. The Hall–Kier alpha value is -4.96. The molecule has 4 heterocycles. The van der Waals surface area contributed by atoms with Gasteiger partial charge in [0.2, 0.25) is 23.6 Å². The molecule has 1 saturated carbocycles. The molecule has 1 aromatic heterocycles. The Labute approximate surface area is 286 Å². The van der Waals surface area contributed by atoms with E-state index in [2.05, 4.69) is 20.9 Å². The Kier molecular flexibility index (Phi) is 9.48. The molecule has 4 fully saturated rings. The fourth-order valence-corrected chi connectivity index (χ4v) is 8.01. The number of piperazine rings is 1. The van der Waals surface area contributed by atoms with Gasteiger partial charge in [0.1, 0.15) is 18.1 Å². The van der Waals surface area contributed by atoms with Crippen molar-refractivity contribution in [2.45, 2.75) is 75.3 Å². The third kappa shape index (κ3) is 6.96. The van der Waals surface area contributed by atoms with Crippen molar-refractivity contribution in [1.29, 1.82) is 0 Å². The highest BCUT2D eigenvalue weighted by atomic mass is 16.2. The van der Waals surface area contributed by atoms with Crippen molar-refractivity contribution < 1.29 is 19.2 Å². The largest absolute Gasteiger partial charge is 0.361 e. The summed E-state index contributed by atoms with van der Waals surface area (Å²) in [6.45, 7) is 0.498. The summed E-state index contributed by atoms with van der Waals surface area (Å²) in [6.07, 6.45) is 6.35. The zero-order valence-corrected chi connectivity index (χ0v) is 27.8. The third-order valence-corrected chi connectivity index (χ3v) is 10.5. The van der Waals surface area contributed by atoms with E-state index in [0.29, 0.717) is 19.4 Å². The quantitative estimate of drug-likeness (QED) is 0.186. The van der Waals surface area contributed by atoms with Crippen LogP contribution < -0.4 is 16.0 Å². The highest BCUT2D eigenvalue weighted by Gasteiger charge is 2.52. The van der Waals surface area contributed by atoms with E-state index in [1.165, 1.54) is 0 Å². The van der Waals surface area contributed by atoms with Crippen molar-refractivity contribution >= 4 is 34.5 Å². The summed E-state index contributed by atoms with van der Waals surface area (Å²) < 4.78 is 0. The van der Waals surface area contributed by atoms with Crippen LogP contribution in [0.1, 0.15) is 42.4 Å². The molecule has 4 N–H and O–H groups in total. The predicted molar refractivity (Wildman–Crippen MR) is 187 cm³/mol. The number of nitrogens with one attached hydrogen (secondary N) is 4. The van der Waals surface area contributed by atoms with Gasteiger partial charge in [-0.2, -0.15) is 0 Å². The summed E-state index contributed by atoms with van der Waals surface area (Å²) in [5.41, 5.74) is 3.81. The Balaban J connectivity index is 1.12. The normalized spacial score (nSPS) is 22.7. The molecule has 10 nitrogen and oxygen atoms in total. The van der Waals surface area contributed by atoms with Gasteiger partial charge in [-0.1, -0.05) is 78.9 Å². The number of hydrogen-bond acceptors (Lipinski definition) is 5. The van der Waals surface area contributed by atoms with Crippen molar-refractivity contribution in [2.75, 3.05) is 13.6 Å². The molecular weight excluding hydrogens is 616 g/mol. The lowest BCUT2D eigenvalue weighted by atomic mass is 9.73. The van der Waals surface area contributed by atoms with Gasteiger partial charge in [0.05, 0.1) is 6.04 Å². The highest BCUT2D eigenvalue weighted by molar-refractivity contribution is 5.98. The number of carbonyl (C=O) groups is 4. The molecule has 8 rings (SSSR count). The van der Waals surface area contributed by atoms with Gasteiger partial charge < -0.3 is 30.7 Å². The minimum absolute atomic E-state index is 0.0857. The number of nitrogens with zero attached hydrogens (tertiary/aromatic N) is 2. The monoisotopic (exact) mass is 660 g/mol. The number of fused-ring (bicyclic) bond motifs is 3. The molecule has 3 aromatic carbocycles. The number of aromatic nitrogens is 1. The Morgan fingerprint density at radius 2 is 1.53 bits per heavy atom. The first-order valence-corrected chi connectivity index (χ1v) is 17.4. The van der Waals surface area contributed by atoms with Crippen molar-refractivity contribution in [3.63, 3.8) is 0 Å². The molecule has 3 saturated heterocycles. The molecule has 4 amide bonds. The first-order chi connectivity index (χ1) is 23.9. The number of rotatable bonds is 12. The first kappa shape index (κ1) is 32.6. The molecule has 49 heavy (non-hydrogen) atoms. The van der Waals surface area contributed by atoms with E-state index in [-0.39, 0.29) is 48.2 Å². The second kappa shape index (κ2) is 14.3. The van der Waals surface area contributed by atoms with Crippen LogP contribution in [0.3, 0.4) is 0 Å². The average Bonchev–Trinajstić information content (AvgIpc) is 3.54. The van der Waals surface area contributed by atoms with Crippen LogP contribution in [0, 0.1) is 5.92 Å². The SMILES string of the molecule is CN(Cc1ccccc1)C(=O)[C@H](Cc1ccccc1)NC(=O)[C@@H](Cc1c[nH]c2ccccc12)NC[C@H]1NC(=O)C2C3CCC(CC3)N2C1=O. The lowest BCUT2D eigenvalue weighted by molar-refractivity contribution is -0.162. The summed E-state index contributed by atoms with van der Waals surface area (Å²) >= 11 is 0. The lowest BCUT2D eigenvalue weighted by Crippen LogP contribution is -2.72. The van der Waals surface area contributed by atoms with Crippen LogP contribution in [0.15, 0.2) is 91.1 Å². The third-order valence-electron chi connectivity index (χ3n) is 10.5. The van der Waals surface area contributed by atoms with Gasteiger partial charge in [-0.3, -0.25) is 19.2 Å². The van der Waals surface area contributed by atoms with Crippen LogP contribution >= 0.6 is 0 Å². The van der Waals surface area contributed by atoms with Crippen LogP contribution in [0.4, 0.5) is 0 Å². The van der Waals surface area contributed by atoms with E-state index < -0.39 is 18.1 Å². The standard InChI is InChI=1S/C39H44N6O4/c1-44(24-26-12-6-3-7-13-26)38(48)33(20-25-10-4-2-5-11-25)42-36(46)32(21-28-22-40-31-15-9-8-14-30(28)31)41-23-34-39(49)45-29-18-16-27(17-19-29)35(45)37(47)43-34/h2-15,22,27,29,32-35,40-41H,16-21,23-24H2,1H3,(H,42,46)(H,43,47)/t27?,29?,32-,33+,34-,35?/m1/s1. The molecule has 4 atom stereocenters. The van der Waals surface area contributed by atoms with Crippen LogP contribution in [0.5, 0.6) is 0 Å². The average molecular weight is 661 g/mol. The molecule has 1 aliphatic carbocycles. The molecule has 1 unspecified atom stereocenters. The fourth-order valence-electron chi connectivity index (χ4n) is 8.01. The molecule has 2 bridgehead atoms. The van der Waals surface area contributed by atoms with Gasteiger partial charge >= 0.3 is 0 Å². The fraction of sp³-hybridized carbons (Fsp3) is 0.385. The first-order valence-electron chi connectivity index (χ1n) is 17.4. The molecule has 0 radical (unpaired) electrons. The second-order valence-electron chi connectivity index (χ2n) is 13.8. The lowest BCUT2D eigenvalue weighted by Gasteiger charge is -2.53. The summed E-state index contributed by atoms with van der Waals surface area (Å²) in [5.74, 6) is -0.529. The number of aromatic amines is 1. The Bertz CT molecular complexity index is 1800. The van der Waals surface area contributed by atoms with Crippen LogP contribution in [0.25, 0.3) is 10.9 Å². The predicted octanol–water partition coefficient (Wildman–Crippen LogP) is 3.32. The summed E-state index contributed by atoms with van der Waals surface area (Å²) in [4.78, 5) is 62.1. The maximum atomic E-state index is 14.3. The van der Waals surface area contributed by atoms with E-state index in [1.807, 2.05) is 96.0 Å². The summed E-state index contributed by atoms with van der Waals surface area (Å²) in [7, 11) is 1.75. The maximum Gasteiger partial charge on any atom is 0.247 e. The number of H-pyrrole nitrogens is 1. The van der Waals surface area contributed by atoms with E-state index in [9.17, 15) is 19.2 Å². The maximum absolute atomic E-state index is 14.3. The minimum Gasteiger partial charge on any atom is -0.361 e. The molecule has 4 aliphatic rings. The molecular formula is C39H44N6O4. The number of carbonyl (C=O) groups excluding carboxylic acids is 4. The number of piperidine rings is 2. The Morgan fingerprint density at radius 3 is 2.27 bits per heavy atom. The van der Waals surface area contributed by atoms with Crippen LogP contribution in [0.2, 0.25) is 0 Å². The summed E-state index contributed by atoms with van der Waals surface area (Å²) in [6, 6.07) is 24.6. The van der Waals surface area contributed by atoms with Crippen molar-refractivity contribution in [1.82, 2.24) is 30.7 Å². The van der Waals surface area contributed by atoms with Gasteiger partial charge in [0.25, 0.3) is 0 Å². The highest BCUT2D eigenvalue weighted by Crippen LogP contribution is 2.41. The van der Waals surface area contributed by atoms with Crippen molar-refractivity contribution in [3.05, 3.63) is 108 Å². The van der Waals surface area contributed by atoms with Crippen molar-refractivity contribution in [3.8, 4) is 0 Å². The smallest absolute Gasteiger partial charge is 0.247 e. The number of amides is 4. The van der Waals surface area contributed by atoms with Gasteiger partial charge in [-0.05, 0) is 60.8 Å². The zero-order valence-electron chi connectivity index (χ0n) is 27.8. The van der Waals surface area contributed by atoms with Gasteiger partial charge in [-0.15, -0.1) is 0 Å². The number of likely N-dealkylation sites (N-methyl/N-ethyl adjacent to an activating group) is 1. The van der Waals surface area contributed by atoms with E-state index >= 15 is 0 Å². The number of para-hydroxylation sites is 1. The van der Waals surface area contributed by atoms with Gasteiger partial charge in [-0.25, -0.2) is 0 Å².